The van der Waals surface area contributed by atoms with Crippen molar-refractivity contribution in [1.82, 2.24) is 0 Å². The highest BCUT2D eigenvalue weighted by atomic mass is 14.9. The van der Waals surface area contributed by atoms with Gasteiger partial charge >= 0.3 is 0 Å². The molecule has 4 rings (SSSR count). The molecule has 1 aromatic heterocycles. The van der Waals surface area contributed by atoms with Crippen LogP contribution in [0.15, 0.2) is 48.7 Å². The second-order valence-corrected chi connectivity index (χ2v) is 8.69. The van der Waals surface area contributed by atoms with Crippen LogP contribution in [0.1, 0.15) is 74.5 Å². The summed E-state index contributed by atoms with van der Waals surface area (Å²) in [5.41, 5.74) is 6.99. The summed E-state index contributed by atoms with van der Waals surface area (Å²) < 4.78 is 2.29. The van der Waals surface area contributed by atoms with E-state index in [-0.39, 0.29) is 0 Å². The number of hydrogen-bond donors (Lipinski definition) is 0. The third kappa shape index (κ3) is 3.52. The van der Waals surface area contributed by atoms with Crippen LogP contribution in [0, 0.1) is 6.92 Å². The zero-order chi connectivity index (χ0) is 19.0. The molecule has 3 aromatic rings. The van der Waals surface area contributed by atoms with Gasteiger partial charge in [-0.05, 0) is 65.8 Å². The Morgan fingerprint density at radius 2 is 1.70 bits per heavy atom. The van der Waals surface area contributed by atoms with E-state index in [2.05, 4.69) is 81.0 Å². The maximum atomic E-state index is 2.45. The van der Waals surface area contributed by atoms with E-state index in [0.29, 0.717) is 5.92 Å². The molecule has 140 valence electrons. The fourth-order valence-corrected chi connectivity index (χ4v) is 4.67. The minimum absolute atomic E-state index is 0.544. The molecular formula is C26H32N+. The molecule has 1 saturated carbocycles. The van der Waals surface area contributed by atoms with Gasteiger partial charge in [-0.2, -0.15) is 0 Å². The summed E-state index contributed by atoms with van der Waals surface area (Å²) >= 11 is 0. The first kappa shape index (κ1) is 18.2. The van der Waals surface area contributed by atoms with Crippen LogP contribution in [0.5, 0.6) is 0 Å². The molecular weight excluding hydrogens is 326 g/mol. The largest absolute Gasteiger partial charge is 0.220 e. The molecule has 0 spiro atoms. The predicted octanol–water partition coefficient (Wildman–Crippen LogP) is 6.81. The van der Waals surface area contributed by atoms with Gasteiger partial charge in [0.15, 0.2) is 6.20 Å². The lowest BCUT2D eigenvalue weighted by molar-refractivity contribution is -0.659. The van der Waals surface area contributed by atoms with E-state index in [0.717, 1.165) is 5.92 Å². The Labute approximate surface area is 164 Å². The van der Waals surface area contributed by atoms with E-state index < -0.39 is 0 Å². The van der Waals surface area contributed by atoms with Crippen LogP contribution < -0.4 is 4.57 Å². The molecule has 0 aliphatic heterocycles. The highest BCUT2D eigenvalue weighted by molar-refractivity contribution is 5.94. The summed E-state index contributed by atoms with van der Waals surface area (Å²) in [6.45, 7) is 6.77. The number of aryl methyl sites for hydroxylation is 2. The average Bonchev–Trinajstić information content (AvgIpc) is 2.69. The van der Waals surface area contributed by atoms with Gasteiger partial charge < -0.3 is 0 Å². The van der Waals surface area contributed by atoms with E-state index in [1.54, 1.807) is 0 Å². The number of pyridine rings is 1. The zero-order valence-corrected chi connectivity index (χ0v) is 17.3. The third-order valence-electron chi connectivity index (χ3n) is 6.42. The van der Waals surface area contributed by atoms with Crippen molar-refractivity contribution in [3.8, 4) is 11.3 Å². The topological polar surface area (TPSA) is 3.88 Å². The lowest BCUT2D eigenvalue weighted by Crippen LogP contribution is -2.30. The number of benzene rings is 2. The number of nitrogens with zero attached hydrogens (tertiary/aromatic N) is 1. The highest BCUT2D eigenvalue weighted by Crippen LogP contribution is 2.36. The molecule has 0 bridgehead atoms. The molecule has 2 aromatic carbocycles. The van der Waals surface area contributed by atoms with E-state index in [1.165, 1.54) is 70.8 Å². The summed E-state index contributed by atoms with van der Waals surface area (Å²) in [5.74, 6) is 1.30. The summed E-state index contributed by atoms with van der Waals surface area (Å²) in [5, 5.41) is 2.74. The van der Waals surface area contributed by atoms with Crippen molar-refractivity contribution in [2.45, 2.75) is 64.7 Å². The fourth-order valence-electron chi connectivity index (χ4n) is 4.67. The van der Waals surface area contributed by atoms with E-state index in [9.17, 15) is 0 Å². The monoisotopic (exact) mass is 358 g/mol. The smallest absolute Gasteiger partial charge is 0.200 e. The van der Waals surface area contributed by atoms with Crippen molar-refractivity contribution in [2.24, 2.45) is 7.05 Å². The SMILES string of the molecule is Cc1ccc(C(C)C)cc1-c1c2ccc(C3CCCCC3)cc2cc[n+]1C. The van der Waals surface area contributed by atoms with Crippen LogP contribution in [0.4, 0.5) is 0 Å². The molecule has 1 nitrogen and oxygen atoms in total. The van der Waals surface area contributed by atoms with E-state index in [1.807, 2.05) is 0 Å². The molecule has 0 atom stereocenters. The van der Waals surface area contributed by atoms with Gasteiger partial charge in [0, 0.05) is 11.6 Å². The first-order valence-corrected chi connectivity index (χ1v) is 10.6. The van der Waals surface area contributed by atoms with Crippen LogP contribution in [0.3, 0.4) is 0 Å². The molecule has 0 amide bonds. The molecule has 1 heterocycles. The van der Waals surface area contributed by atoms with Crippen molar-refractivity contribution in [1.29, 1.82) is 0 Å². The molecule has 0 radical (unpaired) electrons. The highest BCUT2D eigenvalue weighted by Gasteiger charge is 2.20. The minimum atomic E-state index is 0.544. The molecule has 1 aliphatic carbocycles. The van der Waals surface area contributed by atoms with Crippen molar-refractivity contribution >= 4 is 10.8 Å². The molecule has 1 fully saturated rings. The van der Waals surface area contributed by atoms with Gasteiger partial charge in [0.05, 0.1) is 5.39 Å². The van der Waals surface area contributed by atoms with Gasteiger partial charge in [-0.3, -0.25) is 0 Å². The van der Waals surface area contributed by atoms with Crippen molar-refractivity contribution in [3.63, 3.8) is 0 Å². The summed E-state index contributed by atoms with van der Waals surface area (Å²) in [4.78, 5) is 0. The van der Waals surface area contributed by atoms with E-state index >= 15 is 0 Å². The molecule has 0 N–H and O–H groups in total. The summed E-state index contributed by atoms with van der Waals surface area (Å²) in [6.07, 6.45) is 9.13. The van der Waals surface area contributed by atoms with Crippen LogP contribution in [0.2, 0.25) is 0 Å². The quantitative estimate of drug-likeness (QED) is 0.453. The first-order valence-electron chi connectivity index (χ1n) is 10.6. The maximum Gasteiger partial charge on any atom is 0.220 e. The molecule has 1 heteroatoms. The second kappa shape index (κ2) is 7.46. The molecule has 27 heavy (non-hydrogen) atoms. The van der Waals surface area contributed by atoms with E-state index in [4.69, 9.17) is 0 Å². The summed E-state index contributed by atoms with van der Waals surface area (Å²) in [6, 6.07) is 16.4. The maximum absolute atomic E-state index is 2.45. The number of aromatic nitrogens is 1. The molecule has 0 unspecified atom stereocenters. The van der Waals surface area contributed by atoms with Gasteiger partial charge in [0.1, 0.15) is 7.05 Å². The van der Waals surface area contributed by atoms with Crippen molar-refractivity contribution < 1.29 is 4.57 Å². The fraction of sp³-hybridized carbons (Fsp3) is 0.423. The van der Waals surface area contributed by atoms with Gasteiger partial charge in [-0.1, -0.05) is 57.4 Å². The predicted molar refractivity (Wildman–Crippen MR) is 115 cm³/mol. The number of fused-ring (bicyclic) bond motifs is 1. The Hall–Kier alpha value is -2.15. The molecule has 0 saturated heterocycles. The average molecular weight is 359 g/mol. The van der Waals surface area contributed by atoms with Gasteiger partial charge in [0.2, 0.25) is 5.69 Å². The van der Waals surface area contributed by atoms with Crippen LogP contribution in [-0.4, -0.2) is 0 Å². The zero-order valence-electron chi connectivity index (χ0n) is 17.3. The minimum Gasteiger partial charge on any atom is -0.200 e. The van der Waals surface area contributed by atoms with Crippen LogP contribution in [0.25, 0.3) is 22.0 Å². The Kier molecular flexibility index (Phi) is 5.04. The second-order valence-electron chi connectivity index (χ2n) is 8.69. The van der Waals surface area contributed by atoms with Gasteiger partial charge in [-0.25, -0.2) is 4.57 Å². The van der Waals surface area contributed by atoms with Crippen LogP contribution >= 0.6 is 0 Å². The Bertz CT molecular complexity index is 961. The lowest BCUT2D eigenvalue weighted by Gasteiger charge is -2.22. The Balaban J connectivity index is 1.86. The first-order chi connectivity index (χ1) is 13.0. The third-order valence-corrected chi connectivity index (χ3v) is 6.42. The number of hydrogen-bond acceptors (Lipinski definition) is 0. The lowest BCUT2D eigenvalue weighted by atomic mass is 9.83. The van der Waals surface area contributed by atoms with Gasteiger partial charge in [0.25, 0.3) is 0 Å². The van der Waals surface area contributed by atoms with Crippen molar-refractivity contribution in [3.05, 3.63) is 65.4 Å². The normalized spacial score (nSPS) is 15.6. The Morgan fingerprint density at radius 3 is 2.44 bits per heavy atom. The molecule has 1 aliphatic rings. The Morgan fingerprint density at radius 1 is 0.926 bits per heavy atom. The summed E-state index contributed by atoms with van der Waals surface area (Å²) in [7, 11) is 2.17. The van der Waals surface area contributed by atoms with Crippen LogP contribution in [-0.2, 0) is 7.05 Å². The van der Waals surface area contributed by atoms with Crippen molar-refractivity contribution in [2.75, 3.05) is 0 Å². The van der Waals surface area contributed by atoms with Gasteiger partial charge in [-0.15, -0.1) is 0 Å². The standard InChI is InChI=1S/C26H32N/c1-18(2)21-11-10-19(3)25(17-21)26-24-13-12-22(20-8-6-5-7-9-20)16-23(24)14-15-27(26)4/h10-18,20H,5-9H2,1-4H3/q+1. The number of rotatable bonds is 3.